The normalized spacial score (nSPS) is 17.2. The van der Waals surface area contributed by atoms with E-state index in [-0.39, 0.29) is 11.8 Å². The predicted octanol–water partition coefficient (Wildman–Crippen LogP) is 3.51. The van der Waals surface area contributed by atoms with Crippen LogP contribution in [-0.2, 0) is 0 Å². The molecule has 0 radical (unpaired) electrons. The number of hydrogen-bond donors (Lipinski definition) is 2. The summed E-state index contributed by atoms with van der Waals surface area (Å²) in [5.41, 5.74) is 1.14. The molecule has 2 aliphatic rings. The highest BCUT2D eigenvalue weighted by Gasteiger charge is 2.23. The van der Waals surface area contributed by atoms with Crippen LogP contribution in [0.15, 0.2) is 36.4 Å². The van der Waals surface area contributed by atoms with E-state index in [2.05, 4.69) is 17.6 Å². The van der Waals surface area contributed by atoms with Gasteiger partial charge < -0.3 is 5.32 Å². The first-order valence-corrected chi connectivity index (χ1v) is 8.79. The molecular formula is C20H24N2O2. The number of carbonyl (C=O) groups is 2. The van der Waals surface area contributed by atoms with Crippen molar-refractivity contribution in [3.05, 3.63) is 47.5 Å². The molecule has 2 heterocycles. The quantitative estimate of drug-likeness (QED) is 0.831. The molecule has 1 fully saturated rings. The Morgan fingerprint density at radius 1 is 0.958 bits per heavy atom. The molecule has 126 valence electrons. The number of piperidine rings is 1. The molecule has 4 nitrogen and oxygen atoms in total. The summed E-state index contributed by atoms with van der Waals surface area (Å²) in [7, 11) is 0. The average molecular weight is 324 g/mol. The third-order valence-electron chi connectivity index (χ3n) is 4.78. The van der Waals surface area contributed by atoms with E-state index in [9.17, 15) is 9.59 Å². The maximum Gasteiger partial charge on any atom is 0.258 e. The molecule has 2 aliphatic heterocycles. The van der Waals surface area contributed by atoms with E-state index in [4.69, 9.17) is 0 Å². The molecule has 1 saturated heterocycles. The lowest BCUT2D eigenvalue weighted by Crippen LogP contribution is -2.34. The van der Waals surface area contributed by atoms with Crippen LogP contribution in [0.1, 0.15) is 53.3 Å². The lowest BCUT2D eigenvalue weighted by atomic mass is 9.94. The zero-order chi connectivity index (χ0) is 16.9. The van der Waals surface area contributed by atoms with Gasteiger partial charge in [0.1, 0.15) is 0 Å². The Hall–Kier alpha value is -2.20. The lowest BCUT2D eigenvalue weighted by molar-refractivity contribution is 0.0845. The van der Waals surface area contributed by atoms with Gasteiger partial charge in [-0.3, -0.25) is 14.9 Å². The van der Waals surface area contributed by atoms with Gasteiger partial charge in [0.15, 0.2) is 0 Å². The minimum absolute atomic E-state index is 0.315. The first kappa shape index (κ1) is 16.7. The highest BCUT2D eigenvalue weighted by molar-refractivity contribution is 6.25. The number of imide groups is 1. The van der Waals surface area contributed by atoms with Crippen LogP contribution in [0, 0.1) is 5.92 Å². The molecule has 0 aromatic heterocycles. The van der Waals surface area contributed by atoms with Crippen molar-refractivity contribution in [2.45, 2.75) is 32.6 Å². The van der Waals surface area contributed by atoms with Crippen LogP contribution in [0.25, 0.3) is 10.8 Å². The first-order valence-electron chi connectivity index (χ1n) is 8.79. The summed E-state index contributed by atoms with van der Waals surface area (Å²) in [6.45, 7) is 4.79. The van der Waals surface area contributed by atoms with Gasteiger partial charge >= 0.3 is 0 Å². The van der Waals surface area contributed by atoms with Crippen LogP contribution in [0.4, 0.5) is 0 Å². The standard InChI is InChI=1S/C12H7NO2.C8H17N/c14-11-8-5-1-3-7-4-2-6-9(10(7)8)12(15)13-11;1-2-3-8-4-6-9-7-5-8/h1-6H,(H,13,14,15);8-9H,2-7H2,1H3. The van der Waals surface area contributed by atoms with Crippen molar-refractivity contribution in [3.8, 4) is 0 Å². The van der Waals surface area contributed by atoms with Gasteiger partial charge in [-0.05, 0) is 49.4 Å². The zero-order valence-corrected chi connectivity index (χ0v) is 14.1. The minimum atomic E-state index is -0.315. The summed E-state index contributed by atoms with van der Waals surface area (Å²) in [4.78, 5) is 23.1. The van der Waals surface area contributed by atoms with Crippen molar-refractivity contribution in [2.24, 2.45) is 5.92 Å². The Morgan fingerprint density at radius 2 is 1.54 bits per heavy atom. The number of benzene rings is 2. The fourth-order valence-electron chi connectivity index (χ4n) is 3.54. The third-order valence-corrected chi connectivity index (χ3v) is 4.78. The van der Waals surface area contributed by atoms with Gasteiger partial charge in [0.2, 0.25) is 0 Å². The summed E-state index contributed by atoms with van der Waals surface area (Å²) >= 11 is 0. The van der Waals surface area contributed by atoms with Gasteiger partial charge in [-0.25, -0.2) is 0 Å². The molecular weight excluding hydrogens is 300 g/mol. The summed E-state index contributed by atoms with van der Waals surface area (Å²) in [6.07, 6.45) is 5.63. The van der Waals surface area contributed by atoms with Crippen LogP contribution in [0.2, 0.25) is 0 Å². The van der Waals surface area contributed by atoms with E-state index in [1.54, 1.807) is 12.1 Å². The van der Waals surface area contributed by atoms with Crippen molar-refractivity contribution < 1.29 is 9.59 Å². The van der Waals surface area contributed by atoms with Gasteiger partial charge in [-0.1, -0.05) is 44.0 Å². The van der Waals surface area contributed by atoms with Crippen LogP contribution in [0.5, 0.6) is 0 Å². The maximum atomic E-state index is 11.6. The molecule has 2 aromatic carbocycles. The second-order valence-electron chi connectivity index (χ2n) is 6.47. The van der Waals surface area contributed by atoms with Crippen molar-refractivity contribution >= 4 is 22.6 Å². The topological polar surface area (TPSA) is 58.2 Å². The Balaban J connectivity index is 0.000000162. The molecule has 0 saturated carbocycles. The van der Waals surface area contributed by atoms with Crippen molar-refractivity contribution in [3.63, 3.8) is 0 Å². The maximum absolute atomic E-state index is 11.6. The van der Waals surface area contributed by atoms with Crippen LogP contribution < -0.4 is 10.6 Å². The lowest BCUT2D eigenvalue weighted by Gasteiger charge is -2.21. The van der Waals surface area contributed by atoms with Crippen molar-refractivity contribution in [1.82, 2.24) is 10.6 Å². The minimum Gasteiger partial charge on any atom is -0.317 e. The average Bonchev–Trinajstić information content (AvgIpc) is 2.61. The molecule has 0 unspecified atom stereocenters. The van der Waals surface area contributed by atoms with Gasteiger partial charge in [0.25, 0.3) is 11.8 Å². The Kier molecular flexibility index (Phi) is 5.26. The zero-order valence-electron chi connectivity index (χ0n) is 14.1. The fourth-order valence-corrected chi connectivity index (χ4v) is 3.54. The Bertz CT molecular complexity index is 697. The molecule has 2 aromatic rings. The Morgan fingerprint density at radius 3 is 2.08 bits per heavy atom. The molecule has 4 rings (SSSR count). The molecule has 2 N–H and O–H groups in total. The largest absolute Gasteiger partial charge is 0.317 e. The summed E-state index contributed by atoms with van der Waals surface area (Å²) in [5, 5.41) is 7.37. The predicted molar refractivity (Wildman–Crippen MR) is 96.2 cm³/mol. The fraction of sp³-hybridized carbons (Fsp3) is 0.400. The summed E-state index contributed by atoms with van der Waals surface area (Å²) < 4.78 is 0. The summed E-state index contributed by atoms with van der Waals surface area (Å²) in [5.74, 6) is 0.407. The first-order chi connectivity index (χ1) is 11.7. The van der Waals surface area contributed by atoms with Crippen LogP contribution in [0.3, 0.4) is 0 Å². The summed E-state index contributed by atoms with van der Waals surface area (Å²) in [6, 6.07) is 10.9. The smallest absolute Gasteiger partial charge is 0.258 e. The molecule has 2 amide bonds. The van der Waals surface area contributed by atoms with Gasteiger partial charge in [0.05, 0.1) is 0 Å². The van der Waals surface area contributed by atoms with E-state index in [0.717, 1.165) is 16.7 Å². The number of amides is 2. The molecule has 0 atom stereocenters. The number of hydrogen-bond acceptors (Lipinski definition) is 3. The highest BCUT2D eigenvalue weighted by atomic mass is 16.2. The van der Waals surface area contributed by atoms with Gasteiger partial charge in [-0.2, -0.15) is 0 Å². The van der Waals surface area contributed by atoms with Gasteiger partial charge in [-0.15, -0.1) is 0 Å². The molecule has 0 bridgehead atoms. The number of nitrogens with one attached hydrogen (secondary N) is 2. The van der Waals surface area contributed by atoms with Crippen molar-refractivity contribution in [1.29, 1.82) is 0 Å². The number of rotatable bonds is 2. The van der Waals surface area contributed by atoms with E-state index in [1.165, 1.54) is 38.8 Å². The molecule has 0 spiro atoms. The molecule has 24 heavy (non-hydrogen) atoms. The second-order valence-corrected chi connectivity index (χ2v) is 6.47. The second kappa shape index (κ2) is 7.58. The van der Waals surface area contributed by atoms with Crippen LogP contribution >= 0.6 is 0 Å². The monoisotopic (exact) mass is 324 g/mol. The SMILES string of the molecule is CCCC1CCNCC1.O=C1NC(=O)c2cccc3cccc1c23. The van der Waals surface area contributed by atoms with Crippen molar-refractivity contribution in [2.75, 3.05) is 13.1 Å². The van der Waals surface area contributed by atoms with E-state index in [1.807, 2.05) is 24.3 Å². The third kappa shape index (κ3) is 3.49. The molecule has 0 aliphatic carbocycles. The number of carbonyl (C=O) groups excluding carboxylic acids is 2. The molecule has 4 heteroatoms. The Labute approximate surface area is 142 Å². The van der Waals surface area contributed by atoms with Gasteiger partial charge in [0, 0.05) is 16.5 Å². The van der Waals surface area contributed by atoms with E-state index < -0.39 is 0 Å². The highest BCUT2D eigenvalue weighted by Crippen LogP contribution is 2.25. The van der Waals surface area contributed by atoms with Crippen LogP contribution in [-0.4, -0.2) is 24.9 Å². The van der Waals surface area contributed by atoms with E-state index >= 15 is 0 Å². The van der Waals surface area contributed by atoms with E-state index in [0.29, 0.717) is 11.1 Å².